The molecule has 1 aromatic heterocycles. The van der Waals surface area contributed by atoms with E-state index in [-0.39, 0.29) is 11.7 Å². The molecule has 2 aromatic rings. The largest absolute Gasteiger partial charge is 0.493 e. The predicted octanol–water partition coefficient (Wildman–Crippen LogP) is 2.36. The van der Waals surface area contributed by atoms with Crippen LogP contribution in [0.1, 0.15) is 17.0 Å². The number of ether oxygens (including phenoxy) is 3. The second-order valence-corrected chi connectivity index (χ2v) is 6.38. The van der Waals surface area contributed by atoms with Gasteiger partial charge >= 0.3 is 0 Å². The van der Waals surface area contributed by atoms with Gasteiger partial charge in [-0.2, -0.15) is 5.10 Å². The fourth-order valence-electron chi connectivity index (χ4n) is 2.32. The zero-order chi connectivity index (χ0) is 19.8. The summed E-state index contributed by atoms with van der Waals surface area (Å²) in [6.45, 7) is 3.78. The van der Waals surface area contributed by atoms with Crippen LogP contribution in [0.25, 0.3) is 0 Å². The third-order valence-electron chi connectivity index (χ3n) is 3.42. The summed E-state index contributed by atoms with van der Waals surface area (Å²) in [6, 6.07) is 5.37. The molecule has 0 unspecified atom stereocenters. The van der Waals surface area contributed by atoms with Crippen molar-refractivity contribution in [3.63, 3.8) is 0 Å². The molecular formula is C18H22N4O4S. The van der Waals surface area contributed by atoms with Crippen LogP contribution in [-0.2, 0) is 4.79 Å². The summed E-state index contributed by atoms with van der Waals surface area (Å²) in [5.74, 6) is 1.35. The number of nitrogens with one attached hydrogen (secondary N) is 1. The van der Waals surface area contributed by atoms with Crippen molar-refractivity contribution < 1.29 is 19.0 Å². The number of aryl methyl sites for hydroxylation is 2. The molecular weight excluding hydrogens is 368 g/mol. The van der Waals surface area contributed by atoms with Crippen molar-refractivity contribution in [1.29, 1.82) is 0 Å². The molecule has 0 atom stereocenters. The van der Waals surface area contributed by atoms with Gasteiger partial charge in [-0.3, -0.25) is 4.79 Å². The van der Waals surface area contributed by atoms with Gasteiger partial charge in [-0.15, -0.1) is 0 Å². The van der Waals surface area contributed by atoms with Crippen LogP contribution < -0.4 is 19.6 Å². The maximum atomic E-state index is 12.0. The zero-order valence-corrected chi connectivity index (χ0v) is 16.7. The van der Waals surface area contributed by atoms with Gasteiger partial charge in [0.15, 0.2) is 16.7 Å². The molecule has 1 heterocycles. The van der Waals surface area contributed by atoms with Crippen LogP contribution in [0.2, 0.25) is 0 Å². The summed E-state index contributed by atoms with van der Waals surface area (Å²) in [5, 5.41) is 4.54. The Morgan fingerprint density at radius 2 is 1.78 bits per heavy atom. The molecule has 1 amide bonds. The van der Waals surface area contributed by atoms with Gasteiger partial charge in [0, 0.05) is 17.0 Å². The van der Waals surface area contributed by atoms with E-state index in [1.54, 1.807) is 19.2 Å². The van der Waals surface area contributed by atoms with E-state index in [0.29, 0.717) is 28.0 Å². The standard InChI is InChI=1S/C18H22N4O4S/c1-11-8-12(2)21-18(20-11)27-10-15(23)22-19-9-13-6-7-14(24-3)17(26-5)16(13)25-4/h6-9H,10H2,1-5H3,(H,22,23)/b19-9+. The monoisotopic (exact) mass is 390 g/mol. The van der Waals surface area contributed by atoms with Gasteiger partial charge in [0.05, 0.1) is 33.3 Å². The van der Waals surface area contributed by atoms with Crippen molar-refractivity contribution in [1.82, 2.24) is 15.4 Å². The fraction of sp³-hybridized carbons (Fsp3) is 0.333. The average Bonchev–Trinajstić information content (AvgIpc) is 2.64. The first-order valence-electron chi connectivity index (χ1n) is 8.04. The molecule has 27 heavy (non-hydrogen) atoms. The van der Waals surface area contributed by atoms with Gasteiger partial charge in [-0.1, -0.05) is 11.8 Å². The summed E-state index contributed by atoms with van der Waals surface area (Å²) in [6.07, 6.45) is 1.48. The maximum absolute atomic E-state index is 12.0. The lowest BCUT2D eigenvalue weighted by Gasteiger charge is -2.13. The number of hydrogen-bond acceptors (Lipinski definition) is 8. The molecule has 0 spiro atoms. The molecule has 1 N–H and O–H groups in total. The van der Waals surface area contributed by atoms with Crippen molar-refractivity contribution in [2.24, 2.45) is 5.10 Å². The molecule has 2 rings (SSSR count). The van der Waals surface area contributed by atoms with E-state index < -0.39 is 0 Å². The third kappa shape index (κ3) is 5.58. The number of carbonyl (C=O) groups is 1. The van der Waals surface area contributed by atoms with E-state index in [2.05, 4.69) is 20.5 Å². The number of aromatic nitrogens is 2. The number of hydrogen-bond donors (Lipinski definition) is 1. The molecule has 0 aliphatic heterocycles. The Kier molecular flexibility index (Phi) is 7.42. The van der Waals surface area contributed by atoms with E-state index in [4.69, 9.17) is 14.2 Å². The van der Waals surface area contributed by atoms with E-state index in [1.165, 1.54) is 32.2 Å². The van der Waals surface area contributed by atoms with Crippen LogP contribution in [-0.4, -0.2) is 49.2 Å². The molecule has 0 radical (unpaired) electrons. The molecule has 0 aliphatic rings. The summed E-state index contributed by atoms with van der Waals surface area (Å²) in [7, 11) is 4.59. The van der Waals surface area contributed by atoms with Gasteiger partial charge in [0.2, 0.25) is 5.75 Å². The van der Waals surface area contributed by atoms with Crippen LogP contribution >= 0.6 is 11.8 Å². The van der Waals surface area contributed by atoms with Crippen LogP contribution in [0.3, 0.4) is 0 Å². The Labute approximate surface area is 162 Å². The Morgan fingerprint density at radius 1 is 1.11 bits per heavy atom. The first-order chi connectivity index (χ1) is 13.0. The number of nitrogens with zero attached hydrogens (tertiary/aromatic N) is 3. The summed E-state index contributed by atoms with van der Waals surface area (Å²) < 4.78 is 15.9. The molecule has 0 aliphatic carbocycles. The average molecular weight is 390 g/mol. The predicted molar refractivity (Wildman–Crippen MR) is 104 cm³/mol. The SMILES string of the molecule is COc1ccc(/C=N/NC(=O)CSc2nc(C)cc(C)n2)c(OC)c1OC. The van der Waals surface area contributed by atoms with E-state index >= 15 is 0 Å². The minimum atomic E-state index is -0.265. The molecule has 1 aromatic carbocycles. The van der Waals surface area contributed by atoms with Gasteiger partial charge in [-0.05, 0) is 32.0 Å². The Hall–Kier alpha value is -2.81. The number of hydrazone groups is 1. The molecule has 0 fully saturated rings. The number of rotatable bonds is 8. The topological polar surface area (TPSA) is 94.9 Å². The Bertz CT molecular complexity index is 822. The Morgan fingerprint density at radius 3 is 2.37 bits per heavy atom. The highest BCUT2D eigenvalue weighted by Gasteiger charge is 2.14. The van der Waals surface area contributed by atoms with Crippen molar-refractivity contribution in [3.05, 3.63) is 35.2 Å². The van der Waals surface area contributed by atoms with Crippen LogP contribution in [0.15, 0.2) is 28.5 Å². The third-order valence-corrected chi connectivity index (χ3v) is 4.27. The summed E-state index contributed by atoms with van der Waals surface area (Å²) >= 11 is 1.25. The van der Waals surface area contributed by atoms with Gasteiger partial charge < -0.3 is 14.2 Å². The first-order valence-corrected chi connectivity index (χ1v) is 9.03. The summed E-state index contributed by atoms with van der Waals surface area (Å²) in [4.78, 5) is 20.5. The number of carbonyl (C=O) groups excluding carboxylic acids is 1. The van der Waals surface area contributed by atoms with Crippen molar-refractivity contribution in [2.45, 2.75) is 19.0 Å². The number of thioether (sulfide) groups is 1. The minimum absolute atomic E-state index is 0.156. The molecule has 0 saturated heterocycles. The van der Waals surface area contributed by atoms with Crippen molar-refractivity contribution >= 4 is 23.9 Å². The first kappa shape index (κ1) is 20.5. The van der Waals surface area contributed by atoms with E-state index in [9.17, 15) is 4.79 Å². The normalized spacial score (nSPS) is 10.7. The molecule has 0 bridgehead atoms. The number of methoxy groups -OCH3 is 3. The molecule has 144 valence electrons. The minimum Gasteiger partial charge on any atom is -0.493 e. The van der Waals surface area contributed by atoms with Crippen molar-refractivity contribution in [3.8, 4) is 17.2 Å². The fourth-order valence-corrected chi connectivity index (χ4v) is 3.06. The highest BCUT2D eigenvalue weighted by Crippen LogP contribution is 2.38. The molecule has 8 nitrogen and oxygen atoms in total. The van der Waals surface area contributed by atoms with Crippen LogP contribution in [0.4, 0.5) is 0 Å². The highest BCUT2D eigenvalue weighted by molar-refractivity contribution is 7.99. The molecule has 9 heteroatoms. The van der Waals surface area contributed by atoms with E-state index in [1.807, 2.05) is 19.9 Å². The maximum Gasteiger partial charge on any atom is 0.250 e. The second kappa shape index (κ2) is 9.77. The quantitative estimate of drug-likeness (QED) is 0.320. The van der Waals surface area contributed by atoms with Crippen LogP contribution in [0.5, 0.6) is 17.2 Å². The lowest BCUT2D eigenvalue weighted by Crippen LogP contribution is -2.20. The second-order valence-electron chi connectivity index (χ2n) is 5.44. The van der Waals surface area contributed by atoms with Crippen molar-refractivity contribution in [2.75, 3.05) is 27.1 Å². The van der Waals surface area contributed by atoms with Gasteiger partial charge in [-0.25, -0.2) is 15.4 Å². The van der Waals surface area contributed by atoms with E-state index in [0.717, 1.165) is 11.4 Å². The zero-order valence-electron chi connectivity index (χ0n) is 15.9. The lowest BCUT2D eigenvalue weighted by molar-refractivity contribution is -0.118. The van der Waals surface area contributed by atoms with Crippen LogP contribution in [0, 0.1) is 13.8 Å². The van der Waals surface area contributed by atoms with Gasteiger partial charge in [0.1, 0.15) is 0 Å². The smallest absolute Gasteiger partial charge is 0.250 e. The lowest BCUT2D eigenvalue weighted by atomic mass is 10.2. The number of amides is 1. The Balaban J connectivity index is 1.99. The number of benzene rings is 1. The van der Waals surface area contributed by atoms with Gasteiger partial charge in [0.25, 0.3) is 5.91 Å². The molecule has 0 saturated carbocycles. The highest BCUT2D eigenvalue weighted by atomic mass is 32.2. The summed E-state index contributed by atoms with van der Waals surface area (Å²) in [5.41, 5.74) is 4.84.